The maximum Gasteiger partial charge on any atom is 0.321 e. The van der Waals surface area contributed by atoms with Crippen molar-refractivity contribution in [1.82, 2.24) is 10.2 Å². The van der Waals surface area contributed by atoms with Crippen LogP contribution in [0.1, 0.15) is 51.0 Å². The van der Waals surface area contributed by atoms with Gasteiger partial charge in [-0.3, -0.25) is 0 Å². The van der Waals surface area contributed by atoms with E-state index in [4.69, 9.17) is 0 Å². The van der Waals surface area contributed by atoms with E-state index in [1.165, 1.54) is 44.2 Å². The molecule has 172 valence electrons. The first kappa shape index (κ1) is 22.7. The van der Waals surface area contributed by atoms with Crippen molar-refractivity contribution >= 4 is 17.4 Å². The molecule has 2 amide bonds. The van der Waals surface area contributed by atoms with Gasteiger partial charge in [-0.05, 0) is 43.0 Å². The number of carbonyl (C=O) groups is 1. The van der Waals surface area contributed by atoms with E-state index in [2.05, 4.69) is 58.9 Å². The van der Waals surface area contributed by atoms with Gasteiger partial charge in [0.1, 0.15) is 0 Å². The van der Waals surface area contributed by atoms with Crippen LogP contribution in [-0.4, -0.2) is 43.2 Å². The summed E-state index contributed by atoms with van der Waals surface area (Å²) in [5.74, 6) is 0.871. The molecule has 0 radical (unpaired) electrons. The smallest absolute Gasteiger partial charge is 0.321 e. The first-order chi connectivity index (χ1) is 15.7. The van der Waals surface area contributed by atoms with Crippen molar-refractivity contribution in [3.8, 4) is 0 Å². The summed E-state index contributed by atoms with van der Waals surface area (Å²) in [6.07, 6.45) is 8.22. The van der Waals surface area contributed by atoms with Crippen molar-refractivity contribution < 1.29 is 4.79 Å². The Kier molecular flexibility index (Phi) is 8.05. The maximum absolute atomic E-state index is 12.9. The van der Waals surface area contributed by atoms with Crippen LogP contribution >= 0.6 is 0 Å². The number of amides is 2. The number of benzene rings is 2. The van der Waals surface area contributed by atoms with Crippen molar-refractivity contribution in [2.24, 2.45) is 5.92 Å². The summed E-state index contributed by atoms with van der Waals surface area (Å²) in [4.78, 5) is 17.2. The van der Waals surface area contributed by atoms with Crippen molar-refractivity contribution in [3.05, 3.63) is 60.2 Å². The van der Waals surface area contributed by atoms with Crippen LogP contribution in [0.4, 0.5) is 16.2 Å². The van der Waals surface area contributed by atoms with Crippen LogP contribution in [0.3, 0.4) is 0 Å². The number of carbonyl (C=O) groups excluding carboxylic acids is 1. The van der Waals surface area contributed by atoms with Gasteiger partial charge in [-0.15, -0.1) is 0 Å². The predicted octanol–water partition coefficient (Wildman–Crippen LogP) is 5.49. The third kappa shape index (κ3) is 6.26. The van der Waals surface area contributed by atoms with Crippen molar-refractivity contribution in [1.29, 1.82) is 0 Å². The second kappa shape index (κ2) is 11.4. The number of anilines is 2. The average molecular weight is 435 g/mol. The van der Waals surface area contributed by atoms with E-state index in [-0.39, 0.29) is 6.03 Å². The lowest BCUT2D eigenvalue weighted by Gasteiger charge is -2.36. The molecule has 2 aromatic carbocycles. The number of piperazine rings is 1. The summed E-state index contributed by atoms with van der Waals surface area (Å²) in [6.45, 7) is 6.27. The van der Waals surface area contributed by atoms with Gasteiger partial charge in [-0.25, -0.2) is 4.79 Å². The summed E-state index contributed by atoms with van der Waals surface area (Å²) < 4.78 is 0. The highest BCUT2D eigenvalue weighted by Crippen LogP contribution is 2.27. The third-order valence-electron chi connectivity index (χ3n) is 7.00. The van der Waals surface area contributed by atoms with E-state index >= 15 is 0 Å². The molecule has 0 bridgehead atoms. The molecule has 1 aliphatic carbocycles. The Morgan fingerprint density at radius 2 is 1.62 bits per heavy atom. The number of para-hydroxylation sites is 2. The van der Waals surface area contributed by atoms with Crippen molar-refractivity contribution in [2.45, 2.75) is 58.0 Å². The highest BCUT2D eigenvalue weighted by Gasteiger charge is 2.22. The van der Waals surface area contributed by atoms with Gasteiger partial charge in [-0.1, -0.05) is 68.5 Å². The van der Waals surface area contributed by atoms with Gasteiger partial charge in [0.2, 0.25) is 0 Å². The Hall–Kier alpha value is -2.53. The number of nitrogens with one attached hydrogen (secondary N) is 2. The number of urea groups is 1. The minimum Gasteiger partial charge on any atom is -0.368 e. The number of nitrogens with zero attached hydrogens (tertiary/aromatic N) is 2. The van der Waals surface area contributed by atoms with Crippen LogP contribution in [0.2, 0.25) is 0 Å². The van der Waals surface area contributed by atoms with Gasteiger partial charge in [0, 0.05) is 50.1 Å². The molecular weight excluding hydrogens is 396 g/mol. The summed E-state index contributed by atoms with van der Waals surface area (Å²) in [5.41, 5.74) is 3.30. The Labute approximate surface area is 193 Å². The zero-order valence-corrected chi connectivity index (χ0v) is 19.4. The second-order valence-corrected chi connectivity index (χ2v) is 9.42. The molecule has 0 aromatic heterocycles. The topological polar surface area (TPSA) is 47.6 Å². The van der Waals surface area contributed by atoms with Gasteiger partial charge in [-0.2, -0.15) is 0 Å². The fraction of sp³-hybridized carbons (Fsp3) is 0.519. The Morgan fingerprint density at radius 3 is 2.38 bits per heavy atom. The van der Waals surface area contributed by atoms with Crippen LogP contribution in [0.25, 0.3) is 0 Å². The zero-order valence-electron chi connectivity index (χ0n) is 19.4. The molecule has 1 aliphatic heterocycles. The highest BCUT2D eigenvalue weighted by atomic mass is 16.2. The largest absolute Gasteiger partial charge is 0.368 e. The lowest BCUT2D eigenvalue weighted by molar-refractivity contribution is 0.208. The van der Waals surface area contributed by atoms with E-state index in [0.29, 0.717) is 6.04 Å². The summed E-state index contributed by atoms with van der Waals surface area (Å²) >= 11 is 0. The molecule has 2 aliphatic rings. The highest BCUT2D eigenvalue weighted by molar-refractivity contribution is 5.90. The predicted molar refractivity (Wildman–Crippen MR) is 133 cm³/mol. The summed E-state index contributed by atoms with van der Waals surface area (Å²) in [5, 5.41) is 6.86. The van der Waals surface area contributed by atoms with E-state index in [1.807, 2.05) is 23.1 Å². The molecular formula is C27H38N4O. The SMILES string of the molecule is CC(CC1CCCCC1)NCc1ccccc1NC(=O)N1CCN(c2ccccc2)CC1. The van der Waals surface area contributed by atoms with Crippen LogP contribution in [0.15, 0.2) is 54.6 Å². The standard InChI is InChI=1S/C27H38N4O/c1-22(20-23-10-4-2-5-11-23)28-21-24-12-8-9-15-26(24)29-27(32)31-18-16-30(17-19-31)25-13-6-3-7-14-25/h3,6-9,12-15,22-23,28H,2,4-5,10-11,16-21H2,1H3,(H,29,32). The molecule has 2 N–H and O–H groups in total. The molecule has 1 heterocycles. The fourth-order valence-corrected chi connectivity index (χ4v) is 5.09. The van der Waals surface area contributed by atoms with E-state index < -0.39 is 0 Å². The van der Waals surface area contributed by atoms with Gasteiger partial charge in [0.15, 0.2) is 0 Å². The van der Waals surface area contributed by atoms with E-state index in [9.17, 15) is 4.79 Å². The van der Waals surface area contributed by atoms with Crippen LogP contribution in [0.5, 0.6) is 0 Å². The van der Waals surface area contributed by atoms with Crippen molar-refractivity contribution in [3.63, 3.8) is 0 Å². The molecule has 2 fully saturated rings. The molecule has 2 aromatic rings. The summed E-state index contributed by atoms with van der Waals surface area (Å²) in [6, 6.07) is 19.1. The molecule has 1 saturated heterocycles. The molecule has 1 atom stereocenters. The van der Waals surface area contributed by atoms with Crippen LogP contribution in [0, 0.1) is 5.92 Å². The van der Waals surface area contributed by atoms with Crippen LogP contribution in [-0.2, 0) is 6.54 Å². The normalized spacial score (nSPS) is 18.4. The molecule has 1 unspecified atom stereocenters. The van der Waals surface area contributed by atoms with E-state index in [0.717, 1.165) is 49.9 Å². The van der Waals surface area contributed by atoms with Gasteiger partial charge < -0.3 is 20.4 Å². The quantitative estimate of drug-likeness (QED) is 0.606. The van der Waals surface area contributed by atoms with E-state index in [1.54, 1.807) is 0 Å². The number of hydrogen-bond donors (Lipinski definition) is 2. The Balaban J connectivity index is 1.26. The van der Waals surface area contributed by atoms with Gasteiger partial charge >= 0.3 is 6.03 Å². The monoisotopic (exact) mass is 434 g/mol. The summed E-state index contributed by atoms with van der Waals surface area (Å²) in [7, 11) is 0. The van der Waals surface area contributed by atoms with Crippen molar-refractivity contribution in [2.75, 3.05) is 36.4 Å². The first-order valence-electron chi connectivity index (χ1n) is 12.4. The maximum atomic E-state index is 12.9. The Bertz CT molecular complexity index is 842. The molecule has 5 nitrogen and oxygen atoms in total. The third-order valence-corrected chi connectivity index (χ3v) is 7.00. The lowest BCUT2D eigenvalue weighted by Crippen LogP contribution is -2.50. The average Bonchev–Trinajstić information content (AvgIpc) is 2.85. The number of rotatable bonds is 7. The molecule has 1 saturated carbocycles. The molecule has 5 heteroatoms. The second-order valence-electron chi connectivity index (χ2n) is 9.42. The first-order valence-corrected chi connectivity index (χ1v) is 12.4. The molecule has 4 rings (SSSR count). The molecule has 32 heavy (non-hydrogen) atoms. The lowest BCUT2D eigenvalue weighted by atomic mass is 9.85. The van der Waals surface area contributed by atoms with Gasteiger partial charge in [0.25, 0.3) is 0 Å². The molecule has 0 spiro atoms. The van der Waals surface area contributed by atoms with Gasteiger partial charge in [0.05, 0.1) is 0 Å². The number of hydrogen-bond acceptors (Lipinski definition) is 3. The minimum atomic E-state index is 0.000385. The Morgan fingerprint density at radius 1 is 0.938 bits per heavy atom. The minimum absolute atomic E-state index is 0.000385. The van der Waals surface area contributed by atoms with Crippen LogP contribution < -0.4 is 15.5 Å². The fourth-order valence-electron chi connectivity index (χ4n) is 5.09. The zero-order chi connectivity index (χ0) is 22.2.